The summed E-state index contributed by atoms with van der Waals surface area (Å²) in [6.07, 6.45) is 0. The molecule has 0 fully saturated rings. The van der Waals surface area contributed by atoms with E-state index < -0.39 is 0 Å². The molecule has 0 aromatic carbocycles. The molecule has 0 rings (SSSR count). The molecular formula is H5BCuKP. The molecule has 0 spiro atoms. The SMILES string of the molecule is BP.[Cu].[KH]. The van der Waals surface area contributed by atoms with E-state index in [9.17, 15) is 0 Å². The molecular weight excluding hydrogens is 144 g/mol. The first-order chi connectivity index (χ1) is 1.00. The second-order valence-electron chi connectivity index (χ2n) is 0. The number of hydrogen-bond donors (Lipinski definition) is 0. The van der Waals surface area contributed by atoms with Crippen LogP contribution in [0.15, 0.2) is 0 Å². The normalized spacial score (nSPS) is 1.25. The summed E-state index contributed by atoms with van der Waals surface area (Å²) in [6.45, 7) is 0. The van der Waals surface area contributed by atoms with Gasteiger partial charge in [0.1, 0.15) is 7.57 Å². The van der Waals surface area contributed by atoms with Crippen LogP contribution >= 0.6 is 9.12 Å². The molecule has 0 aliphatic carbocycles. The maximum absolute atomic E-state index is 2.42. The molecule has 0 nitrogen and oxygen atoms in total. The van der Waals surface area contributed by atoms with E-state index in [0.29, 0.717) is 0 Å². The van der Waals surface area contributed by atoms with E-state index in [1.54, 1.807) is 0 Å². The average molecular weight is 149 g/mol. The molecule has 0 aromatic rings. The molecule has 1 atom stereocenters. The standard InChI is InChI=1S/BH4P.Cu.K.H/c1-2;;;/h1-2H2;;;. The fraction of sp³-hybridized carbons (Fsp3) is 0. The van der Waals surface area contributed by atoms with Crippen molar-refractivity contribution in [3.8, 4) is 0 Å². The summed E-state index contributed by atoms with van der Waals surface area (Å²) in [5.74, 6) is 0. The summed E-state index contributed by atoms with van der Waals surface area (Å²) in [7, 11) is 4.33. The Labute approximate surface area is 83.3 Å². The van der Waals surface area contributed by atoms with Crippen LogP contribution in [0.1, 0.15) is 0 Å². The molecule has 0 bridgehead atoms. The van der Waals surface area contributed by atoms with Gasteiger partial charge in [0, 0.05) is 17.1 Å². The van der Waals surface area contributed by atoms with Crippen LogP contribution in [0, 0.1) is 0 Å². The third-order valence-corrected chi connectivity index (χ3v) is 0. The zero-order valence-corrected chi connectivity index (χ0v) is 3.98. The Morgan fingerprint density at radius 3 is 1.25 bits per heavy atom. The molecule has 0 aliphatic heterocycles. The van der Waals surface area contributed by atoms with Crippen molar-refractivity contribution in [1.29, 1.82) is 0 Å². The van der Waals surface area contributed by atoms with E-state index in [-0.39, 0.29) is 68.5 Å². The van der Waals surface area contributed by atoms with Crippen LogP contribution < -0.4 is 0 Å². The summed E-state index contributed by atoms with van der Waals surface area (Å²) < 4.78 is 0. The van der Waals surface area contributed by atoms with Gasteiger partial charge in [-0.2, -0.15) is 9.12 Å². The molecule has 25 valence electrons. The van der Waals surface area contributed by atoms with Crippen LogP contribution in [-0.2, 0) is 17.1 Å². The molecule has 0 heterocycles. The summed E-state index contributed by atoms with van der Waals surface area (Å²) in [5.41, 5.74) is 0. The van der Waals surface area contributed by atoms with Crippen LogP contribution in [0.4, 0.5) is 0 Å². The van der Waals surface area contributed by atoms with Gasteiger partial charge in [-0.1, -0.05) is 0 Å². The van der Waals surface area contributed by atoms with Crippen molar-refractivity contribution in [3.05, 3.63) is 0 Å². The van der Waals surface area contributed by atoms with E-state index in [4.69, 9.17) is 0 Å². The topological polar surface area (TPSA) is 0 Å². The van der Waals surface area contributed by atoms with Gasteiger partial charge >= 0.3 is 51.4 Å². The van der Waals surface area contributed by atoms with Gasteiger partial charge in [-0.05, 0) is 0 Å². The minimum absolute atomic E-state index is 0. The Hall–Kier alpha value is 2.65. The quantitative estimate of drug-likeness (QED) is 0.299. The Morgan fingerprint density at radius 2 is 1.25 bits per heavy atom. The second-order valence-corrected chi connectivity index (χ2v) is 0. The van der Waals surface area contributed by atoms with Crippen LogP contribution in [0.3, 0.4) is 0 Å². The van der Waals surface area contributed by atoms with E-state index in [2.05, 4.69) is 9.12 Å². The van der Waals surface area contributed by atoms with Crippen molar-refractivity contribution >= 4 is 68.1 Å². The summed E-state index contributed by atoms with van der Waals surface area (Å²) in [5, 5.41) is 0. The molecule has 0 aromatic heterocycles. The van der Waals surface area contributed by atoms with Gasteiger partial charge in [-0.15, -0.1) is 0 Å². The second kappa shape index (κ2) is 17.4. The monoisotopic (exact) mass is 149 g/mol. The van der Waals surface area contributed by atoms with Gasteiger partial charge < -0.3 is 0 Å². The van der Waals surface area contributed by atoms with E-state index in [1.807, 2.05) is 7.57 Å². The maximum atomic E-state index is 2.42. The van der Waals surface area contributed by atoms with Crippen molar-refractivity contribution in [2.24, 2.45) is 0 Å². The Bertz CT molecular complexity index is 8.00. The fourth-order valence-electron chi connectivity index (χ4n) is 0. The van der Waals surface area contributed by atoms with E-state index >= 15 is 0 Å². The predicted molar refractivity (Wildman–Crippen MR) is 25.4 cm³/mol. The van der Waals surface area contributed by atoms with Gasteiger partial charge in [-0.3, -0.25) is 0 Å². The third kappa shape index (κ3) is 8.82. The van der Waals surface area contributed by atoms with Crippen LogP contribution in [-0.4, -0.2) is 59.0 Å². The van der Waals surface area contributed by atoms with Crippen LogP contribution in [0.2, 0.25) is 0 Å². The molecule has 0 amide bonds. The van der Waals surface area contributed by atoms with Crippen molar-refractivity contribution in [1.82, 2.24) is 0 Å². The molecule has 1 unspecified atom stereocenters. The van der Waals surface area contributed by atoms with Crippen LogP contribution in [0.5, 0.6) is 0 Å². The molecule has 0 N–H and O–H groups in total. The Morgan fingerprint density at radius 1 is 1.25 bits per heavy atom. The van der Waals surface area contributed by atoms with Gasteiger partial charge in [0.2, 0.25) is 0 Å². The predicted octanol–water partition coefficient (Wildman–Crippen LogP) is -1.24. The Balaban J connectivity index is -0.00000000500. The average Bonchev–Trinajstić information content (AvgIpc) is 1.00. The van der Waals surface area contributed by atoms with Crippen molar-refractivity contribution in [2.75, 3.05) is 0 Å². The Kier molecular flexibility index (Phi) is 69.3. The first kappa shape index (κ1) is 15.9. The summed E-state index contributed by atoms with van der Waals surface area (Å²) in [4.78, 5) is 0. The van der Waals surface area contributed by atoms with Gasteiger partial charge in [0.15, 0.2) is 0 Å². The fourth-order valence-corrected chi connectivity index (χ4v) is 0. The first-order valence-corrected chi connectivity index (χ1v) is 1.73. The van der Waals surface area contributed by atoms with E-state index in [0.717, 1.165) is 0 Å². The summed E-state index contributed by atoms with van der Waals surface area (Å²) >= 11 is 0. The number of rotatable bonds is 0. The van der Waals surface area contributed by atoms with Gasteiger partial charge in [-0.25, -0.2) is 0 Å². The molecule has 1 radical (unpaired) electrons. The van der Waals surface area contributed by atoms with Gasteiger partial charge in [0.25, 0.3) is 0 Å². The zero-order chi connectivity index (χ0) is 2.00. The van der Waals surface area contributed by atoms with Crippen molar-refractivity contribution in [3.63, 3.8) is 0 Å². The molecule has 0 saturated heterocycles. The van der Waals surface area contributed by atoms with Gasteiger partial charge in [0.05, 0.1) is 0 Å². The molecule has 4 heteroatoms. The summed E-state index contributed by atoms with van der Waals surface area (Å²) in [6, 6.07) is 0. The molecule has 0 saturated carbocycles. The molecule has 4 heavy (non-hydrogen) atoms. The van der Waals surface area contributed by atoms with Crippen molar-refractivity contribution in [2.45, 2.75) is 0 Å². The van der Waals surface area contributed by atoms with Crippen LogP contribution in [0.25, 0.3) is 0 Å². The first-order valence-electron chi connectivity index (χ1n) is 0.577. The zero-order valence-electron chi connectivity index (χ0n) is 1.88. The molecule has 0 aliphatic rings. The number of hydrogen-bond acceptors (Lipinski definition) is 0. The van der Waals surface area contributed by atoms with E-state index in [1.165, 1.54) is 0 Å². The van der Waals surface area contributed by atoms with Crippen molar-refractivity contribution < 1.29 is 17.1 Å². The minimum atomic E-state index is 0. The third-order valence-electron chi connectivity index (χ3n) is 0.